The third-order valence-electron chi connectivity index (χ3n) is 4.28. The van der Waals surface area contributed by atoms with Gasteiger partial charge in [0.05, 0.1) is 32.2 Å². The third-order valence-corrected chi connectivity index (χ3v) is 8.81. The highest BCUT2D eigenvalue weighted by Gasteiger charge is 2.40. The van der Waals surface area contributed by atoms with E-state index in [2.05, 4.69) is 30.2 Å². The van der Waals surface area contributed by atoms with Crippen molar-refractivity contribution < 1.29 is 33.0 Å². The first-order valence-corrected chi connectivity index (χ1v) is 12.0. The maximum atomic E-state index is 12.0. The zero-order valence-corrected chi connectivity index (χ0v) is 18.2. The van der Waals surface area contributed by atoms with Gasteiger partial charge in [-0.1, -0.05) is 34.1 Å². The summed E-state index contributed by atoms with van der Waals surface area (Å²) in [5.41, 5.74) is 0. The Morgan fingerprint density at radius 1 is 0.962 bits per heavy atom. The molecule has 0 rings (SSSR count). The Labute approximate surface area is 157 Å². The van der Waals surface area contributed by atoms with Crippen molar-refractivity contribution >= 4 is 26.4 Å². The van der Waals surface area contributed by atoms with Gasteiger partial charge in [-0.2, -0.15) is 0 Å². The van der Waals surface area contributed by atoms with Gasteiger partial charge < -0.3 is 18.6 Å². The average molecular weight is 391 g/mol. The van der Waals surface area contributed by atoms with Crippen molar-refractivity contribution in [2.45, 2.75) is 84.5 Å². The van der Waals surface area contributed by atoms with Crippen LogP contribution in [0.4, 0.5) is 4.79 Å². The van der Waals surface area contributed by atoms with Crippen molar-refractivity contribution in [3.8, 4) is 0 Å². The predicted octanol–water partition coefficient (Wildman–Crippen LogP) is 4.20. The van der Waals surface area contributed by atoms with E-state index in [1.165, 1.54) is 0 Å². The lowest BCUT2D eigenvalue weighted by Crippen LogP contribution is -2.45. The number of esters is 2. The van der Waals surface area contributed by atoms with Gasteiger partial charge in [0.2, 0.25) is 0 Å². The average Bonchev–Trinajstić information content (AvgIpc) is 2.45. The quantitative estimate of drug-likeness (QED) is 0.239. The monoisotopic (exact) mass is 390 g/mol. The van der Waals surface area contributed by atoms with Gasteiger partial charge >= 0.3 is 18.1 Å². The van der Waals surface area contributed by atoms with E-state index in [1.54, 1.807) is 6.92 Å². The Bertz CT molecular complexity index is 469. The van der Waals surface area contributed by atoms with E-state index in [4.69, 9.17) is 9.16 Å². The lowest BCUT2D eigenvalue weighted by Gasteiger charge is -2.38. The Morgan fingerprint density at radius 3 is 2.04 bits per heavy atom. The molecule has 0 aliphatic rings. The molecule has 0 aliphatic heterocycles. The Hall–Kier alpha value is -1.41. The molecule has 0 unspecified atom stereocenters. The van der Waals surface area contributed by atoms with Crippen LogP contribution in [0, 0.1) is 0 Å². The van der Waals surface area contributed by atoms with Gasteiger partial charge in [0.25, 0.3) is 0 Å². The summed E-state index contributed by atoms with van der Waals surface area (Å²) in [5, 5.41) is -0.0948. The van der Waals surface area contributed by atoms with Crippen LogP contribution in [0.25, 0.3) is 0 Å². The second-order valence-corrected chi connectivity index (χ2v) is 12.4. The first kappa shape index (κ1) is 24.6. The van der Waals surface area contributed by atoms with E-state index in [0.29, 0.717) is 6.61 Å². The topological polar surface area (TPSA) is 88.1 Å². The highest BCUT2D eigenvalue weighted by atomic mass is 28.4. The zero-order valence-electron chi connectivity index (χ0n) is 17.2. The van der Waals surface area contributed by atoms with E-state index in [9.17, 15) is 14.4 Å². The lowest BCUT2D eigenvalue weighted by atomic mass is 10.2. The van der Waals surface area contributed by atoms with Gasteiger partial charge in [0, 0.05) is 0 Å². The number of ether oxygens (including phenoxy) is 3. The molecule has 7 nitrogen and oxygen atoms in total. The van der Waals surface area contributed by atoms with Crippen molar-refractivity contribution in [3.63, 3.8) is 0 Å². The zero-order chi connectivity index (χ0) is 20.4. The minimum Gasteiger partial charge on any atom is -0.466 e. The third kappa shape index (κ3) is 9.91. The molecular formula is C18H34O7Si. The SMILES string of the molecule is CCCCOC(=O)C[C@H](CC(=O)OC(=O)OCC)O[Si](C)(C)C(C)(C)C. The molecule has 1 atom stereocenters. The highest BCUT2D eigenvalue weighted by molar-refractivity contribution is 6.74. The summed E-state index contributed by atoms with van der Waals surface area (Å²) in [5.74, 6) is -1.21. The summed E-state index contributed by atoms with van der Waals surface area (Å²) in [6.45, 7) is 14.3. The van der Waals surface area contributed by atoms with Crippen LogP contribution >= 0.6 is 0 Å². The summed E-state index contributed by atoms with van der Waals surface area (Å²) in [4.78, 5) is 35.3. The maximum Gasteiger partial charge on any atom is 0.516 e. The molecule has 0 radical (unpaired) electrons. The summed E-state index contributed by atoms with van der Waals surface area (Å²) < 4.78 is 20.5. The normalized spacial score (nSPS) is 13.0. The van der Waals surface area contributed by atoms with Gasteiger partial charge in [0.1, 0.15) is 0 Å². The van der Waals surface area contributed by atoms with Crippen LogP contribution in [-0.4, -0.2) is 45.7 Å². The molecule has 0 aromatic carbocycles. The van der Waals surface area contributed by atoms with Crippen LogP contribution in [0.3, 0.4) is 0 Å². The first-order valence-electron chi connectivity index (χ1n) is 9.13. The molecule has 0 amide bonds. The number of unbranched alkanes of at least 4 members (excludes halogenated alkanes) is 1. The lowest BCUT2D eigenvalue weighted by molar-refractivity contribution is -0.147. The molecule has 0 bridgehead atoms. The number of rotatable bonds is 10. The number of hydrogen-bond acceptors (Lipinski definition) is 7. The minimum atomic E-state index is -2.23. The van der Waals surface area contributed by atoms with Gasteiger partial charge in [-0.15, -0.1) is 0 Å². The fourth-order valence-electron chi connectivity index (χ4n) is 1.79. The van der Waals surface area contributed by atoms with E-state index < -0.39 is 32.5 Å². The molecule has 0 spiro atoms. The van der Waals surface area contributed by atoms with E-state index >= 15 is 0 Å². The van der Waals surface area contributed by atoms with E-state index in [0.717, 1.165) is 12.8 Å². The molecule has 0 saturated heterocycles. The second kappa shape index (κ2) is 11.3. The molecule has 0 fully saturated rings. The molecule has 0 aromatic heterocycles. The fraction of sp³-hybridized carbons (Fsp3) is 0.833. The van der Waals surface area contributed by atoms with Crippen molar-refractivity contribution in [2.24, 2.45) is 0 Å². The second-order valence-electron chi connectivity index (χ2n) is 7.64. The molecule has 8 heteroatoms. The van der Waals surface area contributed by atoms with Crippen LogP contribution < -0.4 is 0 Å². The summed E-state index contributed by atoms with van der Waals surface area (Å²) >= 11 is 0. The van der Waals surface area contributed by atoms with Gasteiger partial charge in [0.15, 0.2) is 8.32 Å². The number of carbonyl (C=O) groups excluding carboxylic acids is 3. The smallest absolute Gasteiger partial charge is 0.466 e. The van der Waals surface area contributed by atoms with Crippen LogP contribution in [-0.2, 0) is 28.2 Å². The van der Waals surface area contributed by atoms with E-state index in [1.807, 2.05) is 20.0 Å². The Balaban J connectivity index is 4.95. The molecule has 26 heavy (non-hydrogen) atoms. The fourth-order valence-corrected chi connectivity index (χ4v) is 3.15. The van der Waals surface area contributed by atoms with Crippen molar-refractivity contribution in [1.82, 2.24) is 0 Å². The number of carbonyl (C=O) groups is 3. The summed E-state index contributed by atoms with van der Waals surface area (Å²) in [7, 11) is -2.23. The molecule has 0 heterocycles. The molecule has 0 saturated carbocycles. The van der Waals surface area contributed by atoms with Gasteiger partial charge in [-0.3, -0.25) is 9.59 Å². The van der Waals surface area contributed by atoms with Gasteiger partial charge in [-0.25, -0.2) is 4.79 Å². The highest BCUT2D eigenvalue weighted by Crippen LogP contribution is 2.38. The Kier molecular flexibility index (Phi) is 10.7. The minimum absolute atomic E-state index is 0.0614. The maximum absolute atomic E-state index is 12.0. The molecule has 0 aromatic rings. The van der Waals surface area contributed by atoms with Gasteiger partial charge in [-0.05, 0) is 31.5 Å². The van der Waals surface area contributed by atoms with Crippen LogP contribution in [0.5, 0.6) is 0 Å². The first-order chi connectivity index (χ1) is 11.9. The largest absolute Gasteiger partial charge is 0.516 e. The van der Waals surface area contributed by atoms with Crippen LogP contribution in [0.2, 0.25) is 18.1 Å². The summed E-state index contributed by atoms with van der Waals surface area (Å²) in [6.07, 6.45) is -0.323. The Morgan fingerprint density at radius 2 is 1.54 bits per heavy atom. The number of hydrogen-bond donors (Lipinski definition) is 0. The van der Waals surface area contributed by atoms with Crippen molar-refractivity contribution in [3.05, 3.63) is 0 Å². The molecular weight excluding hydrogens is 356 g/mol. The van der Waals surface area contributed by atoms with Crippen LogP contribution in [0.1, 0.15) is 60.3 Å². The predicted molar refractivity (Wildman–Crippen MR) is 100 cm³/mol. The standard InChI is InChI=1S/C18H34O7Si/c1-8-10-11-23-15(19)12-14(25-26(6,7)18(3,4)5)13-16(20)24-17(21)22-9-2/h14H,8-13H2,1-7H3/t14-/m1/s1. The molecule has 0 N–H and O–H groups in total. The van der Waals surface area contributed by atoms with Crippen LogP contribution in [0.15, 0.2) is 0 Å². The van der Waals surface area contributed by atoms with Crippen molar-refractivity contribution in [1.29, 1.82) is 0 Å². The summed E-state index contributed by atoms with van der Waals surface area (Å²) in [6, 6.07) is 0. The van der Waals surface area contributed by atoms with Crippen molar-refractivity contribution in [2.75, 3.05) is 13.2 Å². The van der Waals surface area contributed by atoms with E-state index in [-0.39, 0.29) is 24.5 Å². The molecule has 0 aliphatic carbocycles. The molecule has 152 valence electrons.